The van der Waals surface area contributed by atoms with Gasteiger partial charge in [-0.15, -0.1) is 30.1 Å². The van der Waals surface area contributed by atoms with Crippen LogP contribution in [0.5, 0.6) is 0 Å². The van der Waals surface area contributed by atoms with E-state index in [1.807, 2.05) is 29.6 Å². The van der Waals surface area contributed by atoms with Gasteiger partial charge in [0.2, 0.25) is 0 Å². The smallest absolute Gasteiger partial charge is 0.189 e. The van der Waals surface area contributed by atoms with Gasteiger partial charge in [-0.1, -0.05) is 72.8 Å². The summed E-state index contributed by atoms with van der Waals surface area (Å²) >= 11 is 3.89. The van der Waals surface area contributed by atoms with Gasteiger partial charge in [-0.25, -0.2) is 0 Å². The molecule has 1 unspecified atom stereocenters. The summed E-state index contributed by atoms with van der Waals surface area (Å²) in [7, 11) is -1.95. The van der Waals surface area contributed by atoms with Crippen LogP contribution < -0.4 is 0 Å². The Morgan fingerprint density at radius 1 is 0.800 bits per heavy atom. The van der Waals surface area contributed by atoms with Crippen molar-refractivity contribution in [3.8, 4) is 0 Å². The molecule has 1 atom stereocenters. The molecule has 0 saturated carbocycles. The van der Waals surface area contributed by atoms with Crippen molar-refractivity contribution in [3.63, 3.8) is 0 Å². The Bertz CT molecular complexity index is 843. The first kappa shape index (κ1) is 23.0. The molecule has 3 aromatic carbocycles. The quantitative estimate of drug-likeness (QED) is 0.125. The van der Waals surface area contributed by atoms with E-state index in [-0.39, 0.29) is 6.10 Å². The van der Waals surface area contributed by atoms with E-state index in [4.69, 9.17) is 4.43 Å². The lowest BCUT2D eigenvalue weighted by Gasteiger charge is -2.32. The Labute approximate surface area is 191 Å². The van der Waals surface area contributed by atoms with E-state index in [0.717, 1.165) is 12.5 Å². The first-order chi connectivity index (χ1) is 14.6. The fourth-order valence-corrected chi connectivity index (χ4v) is 10.4. The fraction of sp³-hybridized carbons (Fsp3) is 0.231. The maximum Gasteiger partial charge on any atom is 0.189 e. The van der Waals surface area contributed by atoms with Crippen LogP contribution in [0.3, 0.4) is 0 Å². The molecule has 0 aliphatic carbocycles. The Balaban J connectivity index is 1.75. The van der Waals surface area contributed by atoms with Gasteiger partial charge in [-0.2, -0.15) is 0 Å². The predicted octanol–water partition coefficient (Wildman–Crippen LogP) is 8.44. The Hall–Kier alpha value is -1.72. The molecule has 0 saturated heterocycles. The molecular formula is C26H30OS2Si. The van der Waals surface area contributed by atoms with Crippen molar-refractivity contribution in [2.24, 2.45) is 0 Å². The first-order valence-electron chi connectivity index (χ1n) is 10.3. The van der Waals surface area contributed by atoms with Crippen molar-refractivity contribution < 1.29 is 4.43 Å². The molecule has 1 nitrogen and oxygen atoms in total. The van der Waals surface area contributed by atoms with E-state index in [9.17, 15) is 0 Å². The van der Waals surface area contributed by atoms with Crippen molar-refractivity contribution >= 4 is 31.8 Å². The van der Waals surface area contributed by atoms with Gasteiger partial charge in [0.15, 0.2) is 8.32 Å². The first-order valence-corrected chi connectivity index (χ1v) is 15.2. The van der Waals surface area contributed by atoms with Crippen LogP contribution >= 0.6 is 23.5 Å². The largest absolute Gasteiger partial charge is 0.410 e. The summed E-state index contributed by atoms with van der Waals surface area (Å²) in [5, 5.41) is 0. The lowest BCUT2D eigenvalue weighted by Crippen LogP contribution is -2.34. The van der Waals surface area contributed by atoms with Gasteiger partial charge in [-0.3, -0.25) is 0 Å². The summed E-state index contributed by atoms with van der Waals surface area (Å²) in [5.74, 6) is 0. The summed E-state index contributed by atoms with van der Waals surface area (Å²) in [5.41, 5.74) is 1.24. The van der Waals surface area contributed by atoms with Gasteiger partial charge >= 0.3 is 0 Å². The third-order valence-corrected chi connectivity index (χ3v) is 10.1. The molecule has 3 rings (SSSR count). The Kier molecular flexibility index (Phi) is 8.88. The highest BCUT2D eigenvalue weighted by Gasteiger charge is 2.31. The number of benzene rings is 3. The van der Waals surface area contributed by atoms with E-state index in [1.165, 1.54) is 15.4 Å². The molecule has 3 aromatic rings. The fourth-order valence-electron chi connectivity index (χ4n) is 3.31. The predicted molar refractivity (Wildman–Crippen MR) is 136 cm³/mol. The van der Waals surface area contributed by atoms with Gasteiger partial charge in [0, 0.05) is 9.79 Å². The zero-order valence-corrected chi connectivity index (χ0v) is 20.4. The topological polar surface area (TPSA) is 9.23 Å². The van der Waals surface area contributed by atoms with Crippen LogP contribution in [0.4, 0.5) is 0 Å². The highest BCUT2D eigenvalue weighted by atomic mass is 32.2. The van der Waals surface area contributed by atoms with Gasteiger partial charge in [0.1, 0.15) is 0 Å². The molecule has 0 amide bonds. The van der Waals surface area contributed by atoms with Crippen LogP contribution in [0.15, 0.2) is 113 Å². The second kappa shape index (κ2) is 11.6. The summed E-state index contributed by atoms with van der Waals surface area (Å²) < 4.78 is 7.21. The number of thioether (sulfide) groups is 2. The lowest BCUT2D eigenvalue weighted by atomic mass is 10.1. The molecule has 4 heteroatoms. The number of rotatable bonds is 11. The van der Waals surface area contributed by atoms with Gasteiger partial charge in [-0.05, 0) is 55.4 Å². The molecule has 156 valence electrons. The molecule has 30 heavy (non-hydrogen) atoms. The summed E-state index contributed by atoms with van der Waals surface area (Å²) in [6, 6.07) is 33.0. The zero-order chi connectivity index (χ0) is 21.2. The molecule has 0 radical (unpaired) electrons. The average Bonchev–Trinajstić information content (AvgIpc) is 2.75. The monoisotopic (exact) mass is 450 g/mol. The molecule has 0 aliphatic heterocycles. The second-order valence-electron chi connectivity index (χ2n) is 7.80. The zero-order valence-electron chi connectivity index (χ0n) is 17.7. The molecular weight excluding hydrogens is 421 g/mol. The van der Waals surface area contributed by atoms with E-state index < -0.39 is 8.32 Å². The van der Waals surface area contributed by atoms with Crippen molar-refractivity contribution in [2.45, 2.75) is 46.0 Å². The molecule has 0 aromatic heterocycles. The van der Waals surface area contributed by atoms with E-state index in [1.54, 1.807) is 0 Å². The molecule has 0 aliphatic rings. The standard InChI is InChI=1S/C26H30OS2Si/c1-4-14-25(22-15-8-5-9-16-22)27-30(2,3)21-26(28-23-17-10-6-11-18-23)29-24-19-12-7-13-20-24/h4-13,15-20,25-26H,1,14,21H2,2-3H3. The van der Waals surface area contributed by atoms with Crippen molar-refractivity contribution in [3.05, 3.63) is 109 Å². The van der Waals surface area contributed by atoms with Crippen molar-refractivity contribution in [1.29, 1.82) is 0 Å². The van der Waals surface area contributed by atoms with E-state index >= 15 is 0 Å². The summed E-state index contributed by atoms with van der Waals surface area (Å²) in [6.07, 6.45) is 2.88. The second-order valence-corrected chi connectivity index (χ2v) is 14.8. The van der Waals surface area contributed by atoms with Gasteiger partial charge in [0.25, 0.3) is 0 Å². The van der Waals surface area contributed by atoms with Crippen LogP contribution in [0, 0.1) is 0 Å². The SMILES string of the molecule is C=CCC(O[Si](C)(C)CC(Sc1ccccc1)Sc1ccccc1)c1ccccc1. The van der Waals surface area contributed by atoms with Crippen molar-refractivity contribution in [2.75, 3.05) is 0 Å². The lowest BCUT2D eigenvalue weighted by molar-refractivity contribution is 0.199. The van der Waals surface area contributed by atoms with Crippen LogP contribution in [-0.2, 0) is 4.43 Å². The number of hydrogen-bond donors (Lipinski definition) is 0. The van der Waals surface area contributed by atoms with Gasteiger partial charge < -0.3 is 4.43 Å². The summed E-state index contributed by atoms with van der Waals surface area (Å²) in [6.45, 7) is 8.64. The van der Waals surface area contributed by atoms with Crippen LogP contribution in [0.1, 0.15) is 18.1 Å². The maximum absolute atomic E-state index is 6.81. The highest BCUT2D eigenvalue weighted by Crippen LogP contribution is 2.41. The van der Waals surface area contributed by atoms with Crippen LogP contribution in [0.2, 0.25) is 19.1 Å². The minimum Gasteiger partial charge on any atom is -0.410 e. The summed E-state index contributed by atoms with van der Waals surface area (Å²) in [4.78, 5) is 2.61. The van der Waals surface area contributed by atoms with E-state index in [0.29, 0.717) is 4.58 Å². The van der Waals surface area contributed by atoms with Gasteiger partial charge in [0.05, 0.1) is 10.7 Å². The number of hydrogen-bond acceptors (Lipinski definition) is 3. The van der Waals surface area contributed by atoms with Crippen LogP contribution in [0.25, 0.3) is 0 Å². The van der Waals surface area contributed by atoms with Crippen molar-refractivity contribution in [1.82, 2.24) is 0 Å². The maximum atomic E-state index is 6.81. The molecule has 0 heterocycles. The molecule has 0 fully saturated rings. The third-order valence-electron chi connectivity index (χ3n) is 4.69. The molecule has 0 spiro atoms. The Morgan fingerprint density at radius 3 is 1.73 bits per heavy atom. The minimum atomic E-state index is -1.95. The normalized spacial score (nSPS) is 12.6. The van der Waals surface area contributed by atoms with E-state index in [2.05, 4.69) is 111 Å². The Morgan fingerprint density at radius 2 is 1.27 bits per heavy atom. The highest BCUT2D eigenvalue weighted by molar-refractivity contribution is 8.17. The molecule has 0 N–H and O–H groups in total. The average molecular weight is 451 g/mol. The molecule has 0 bridgehead atoms. The third kappa shape index (κ3) is 7.51. The minimum absolute atomic E-state index is 0.0782. The van der Waals surface area contributed by atoms with Crippen LogP contribution in [-0.4, -0.2) is 12.9 Å².